The van der Waals surface area contributed by atoms with Crippen molar-refractivity contribution in [1.82, 2.24) is 18.6 Å². The molecule has 0 spiro atoms. The van der Waals surface area contributed by atoms with E-state index >= 15 is 0 Å². The largest absolute Gasteiger partial charge is 0.427 e. The molecule has 254 valence electrons. The van der Waals surface area contributed by atoms with Crippen molar-refractivity contribution >= 4 is 124 Å². The van der Waals surface area contributed by atoms with Crippen molar-refractivity contribution in [3.8, 4) is 0 Å². The lowest BCUT2D eigenvalue weighted by Crippen LogP contribution is -2.36. The first-order valence-electron chi connectivity index (χ1n) is 11.7. The van der Waals surface area contributed by atoms with E-state index in [1.165, 1.54) is 9.44 Å². The highest BCUT2D eigenvalue weighted by Crippen LogP contribution is 2.30. The number of hydrogen-bond donors (Lipinski definition) is 2. The third-order valence-corrected chi connectivity index (χ3v) is 8.30. The standard InChI is InChI=1S/C20H16Cl6N4O14S2/c21-19(22,23)1-3-43-45(37,38)27-17(35)41-7-29-13(31)9-5-11-12(6-10(9)14(29)32)16(34)30(15(11)33)8-42-18(36)28-46(39,40)44-4-2-20(24,25)26/h5-6H,1-4,7-8H2,(H,27,35)(H,28,36). The number of hydrogen-bond acceptors (Lipinski definition) is 14. The molecule has 0 bridgehead atoms. The van der Waals surface area contributed by atoms with Crippen molar-refractivity contribution in [2.45, 2.75) is 33.9 Å². The molecule has 0 unspecified atom stereocenters. The van der Waals surface area contributed by atoms with Crippen LogP contribution in [0.15, 0.2) is 31.3 Å². The molecule has 3 rings (SSSR count). The summed E-state index contributed by atoms with van der Waals surface area (Å²) in [5.74, 6) is 0. The Balaban J connectivity index is 1.73. The maximum absolute atomic E-state index is 12.8. The Labute approximate surface area is 286 Å². The van der Waals surface area contributed by atoms with Gasteiger partial charge < -0.3 is 9.47 Å². The van der Waals surface area contributed by atoms with Gasteiger partial charge in [0, 0.05) is 12.8 Å². The van der Waals surface area contributed by atoms with E-state index in [-0.39, 0.29) is 12.8 Å². The van der Waals surface area contributed by atoms with Gasteiger partial charge in [-0.05, 0) is 12.1 Å². The fourth-order valence-electron chi connectivity index (χ4n) is 3.41. The van der Waals surface area contributed by atoms with Gasteiger partial charge in [0.25, 0.3) is 22.2 Å². The first kappa shape index (κ1) is 38.1. The molecule has 0 aliphatic carbocycles. The Morgan fingerprint density at radius 3 is 1.15 bits per heavy atom. The van der Waals surface area contributed by atoms with Gasteiger partial charge in [-0.3, -0.25) is 27.5 Å². The molecule has 2 heterocycles. The molecule has 3 aromatic rings. The van der Waals surface area contributed by atoms with Crippen LogP contribution in [0, 0.1) is 0 Å². The molecule has 0 aliphatic rings. The van der Waals surface area contributed by atoms with Gasteiger partial charge >= 0.3 is 32.8 Å². The van der Waals surface area contributed by atoms with Crippen LogP contribution in [0.5, 0.6) is 0 Å². The van der Waals surface area contributed by atoms with Crippen LogP contribution in [0.2, 0.25) is 0 Å². The number of nitrogens with one attached hydrogen (secondary N) is 2. The number of amides is 2. The maximum Gasteiger partial charge on any atom is 0.424 e. The number of ether oxygens (including phenoxy) is 2. The molecular weight excluding hydrogens is 797 g/mol. The number of rotatable bonds is 12. The first-order chi connectivity index (χ1) is 21.0. The lowest BCUT2D eigenvalue weighted by atomic mass is 10.1. The third-order valence-electron chi connectivity index (χ3n) is 5.37. The van der Waals surface area contributed by atoms with Crippen LogP contribution in [0.3, 0.4) is 0 Å². The summed E-state index contributed by atoms with van der Waals surface area (Å²) in [5.41, 5.74) is -4.36. The van der Waals surface area contributed by atoms with Crippen LogP contribution in [0.1, 0.15) is 12.8 Å². The molecule has 2 aromatic heterocycles. The van der Waals surface area contributed by atoms with E-state index < -0.39 is 111 Å². The summed E-state index contributed by atoms with van der Waals surface area (Å²) >= 11 is 32.8. The summed E-state index contributed by atoms with van der Waals surface area (Å²) in [6, 6.07) is 1.77. The molecule has 0 aliphatic heterocycles. The van der Waals surface area contributed by atoms with Crippen LogP contribution >= 0.6 is 69.6 Å². The number of benzene rings is 1. The minimum absolute atomic E-state index is 0.362. The second-order valence-electron chi connectivity index (χ2n) is 8.63. The second kappa shape index (κ2) is 14.4. The molecule has 0 atom stereocenters. The quantitative estimate of drug-likeness (QED) is 0.245. The van der Waals surface area contributed by atoms with E-state index in [0.717, 1.165) is 12.1 Å². The SMILES string of the molecule is O=C(NS(=O)(=O)OCCC(Cl)(Cl)Cl)OCn1c(=O)c2cc3c(=O)n(COC(=O)NS(=O)(=O)OCCC(Cl)(Cl)Cl)c(=O)c3cc2c1=O. The van der Waals surface area contributed by atoms with Crippen molar-refractivity contribution < 1.29 is 44.3 Å². The maximum atomic E-state index is 12.8. The number of nitrogens with zero attached hydrogens (tertiary/aromatic N) is 2. The molecule has 2 N–H and O–H groups in total. The zero-order chi connectivity index (χ0) is 34.8. The number of carbonyl (C=O) groups excluding carboxylic acids is 2. The molecule has 0 radical (unpaired) electrons. The van der Waals surface area contributed by atoms with E-state index in [1.54, 1.807) is 0 Å². The molecule has 1 aromatic carbocycles. The summed E-state index contributed by atoms with van der Waals surface area (Å²) < 4.78 is 64.9. The number of halogens is 6. The van der Waals surface area contributed by atoms with Crippen molar-refractivity contribution in [2.24, 2.45) is 0 Å². The minimum atomic E-state index is -4.74. The molecular formula is C20H16Cl6N4O14S2. The van der Waals surface area contributed by atoms with Crippen molar-refractivity contribution in [3.63, 3.8) is 0 Å². The van der Waals surface area contributed by atoms with Gasteiger partial charge in [0.1, 0.15) is 0 Å². The average molecular weight is 813 g/mol. The highest BCUT2D eigenvalue weighted by Gasteiger charge is 2.25. The molecule has 18 nitrogen and oxygen atoms in total. The predicted octanol–water partition coefficient (Wildman–Crippen LogP) is 1.32. The zero-order valence-electron chi connectivity index (χ0n) is 22.1. The number of fused-ring (bicyclic) bond motifs is 2. The molecule has 2 amide bonds. The van der Waals surface area contributed by atoms with Crippen LogP contribution in [0.4, 0.5) is 9.59 Å². The predicted molar refractivity (Wildman–Crippen MR) is 164 cm³/mol. The van der Waals surface area contributed by atoms with E-state index in [2.05, 4.69) is 17.8 Å². The lowest BCUT2D eigenvalue weighted by Gasteiger charge is -2.11. The Kier molecular flexibility index (Phi) is 11.9. The fourth-order valence-corrected chi connectivity index (χ4v) is 5.12. The Hall–Kier alpha value is -2.40. The summed E-state index contributed by atoms with van der Waals surface area (Å²) in [5, 5.41) is -1.57. The van der Waals surface area contributed by atoms with E-state index in [0.29, 0.717) is 9.13 Å². The minimum Gasteiger partial charge on any atom is -0.427 e. The van der Waals surface area contributed by atoms with Crippen LogP contribution in [0.25, 0.3) is 21.5 Å². The van der Waals surface area contributed by atoms with Gasteiger partial charge in [-0.15, -0.1) is 0 Å². The molecule has 0 fully saturated rings. The Morgan fingerprint density at radius 1 is 0.609 bits per heavy atom. The van der Waals surface area contributed by atoms with Gasteiger partial charge in [-0.25, -0.2) is 18.7 Å². The average Bonchev–Trinajstić information content (AvgIpc) is 3.26. The van der Waals surface area contributed by atoms with Crippen molar-refractivity contribution in [2.75, 3.05) is 13.2 Å². The van der Waals surface area contributed by atoms with Crippen LogP contribution in [-0.4, -0.2) is 59.0 Å². The summed E-state index contributed by atoms with van der Waals surface area (Å²) in [4.78, 5) is 75.1. The molecule has 0 saturated heterocycles. The fraction of sp³-hybridized carbons (Fsp3) is 0.400. The Morgan fingerprint density at radius 2 is 0.891 bits per heavy atom. The van der Waals surface area contributed by atoms with Crippen molar-refractivity contribution in [3.05, 3.63) is 53.5 Å². The van der Waals surface area contributed by atoms with Crippen LogP contribution in [-0.2, 0) is 51.9 Å². The zero-order valence-corrected chi connectivity index (χ0v) is 28.3. The second-order valence-corrected chi connectivity index (χ2v) is 16.4. The van der Waals surface area contributed by atoms with Gasteiger partial charge in [-0.1, -0.05) is 69.6 Å². The van der Waals surface area contributed by atoms with E-state index in [1.807, 2.05) is 0 Å². The van der Waals surface area contributed by atoms with E-state index in [4.69, 9.17) is 69.6 Å². The monoisotopic (exact) mass is 810 g/mol. The first-order valence-corrected chi connectivity index (χ1v) is 16.8. The van der Waals surface area contributed by atoms with Gasteiger partial charge in [-0.2, -0.15) is 26.3 Å². The van der Waals surface area contributed by atoms with Gasteiger partial charge in [0.2, 0.25) is 0 Å². The van der Waals surface area contributed by atoms with Gasteiger partial charge in [0.15, 0.2) is 21.0 Å². The highest BCUT2D eigenvalue weighted by molar-refractivity contribution is 7.85. The van der Waals surface area contributed by atoms with E-state index in [9.17, 15) is 45.6 Å². The smallest absolute Gasteiger partial charge is 0.424 e. The molecule has 0 saturated carbocycles. The number of aromatic nitrogens is 2. The summed E-state index contributed by atoms with van der Waals surface area (Å²) in [6.45, 7) is -3.46. The normalized spacial score (nSPS) is 12.8. The van der Waals surface area contributed by atoms with Gasteiger partial charge in [0.05, 0.1) is 34.8 Å². The topological polar surface area (TPSA) is 242 Å². The number of alkyl halides is 6. The summed E-state index contributed by atoms with van der Waals surface area (Å²) in [7, 11) is -9.47. The highest BCUT2D eigenvalue weighted by atomic mass is 35.6. The van der Waals surface area contributed by atoms with Crippen molar-refractivity contribution in [1.29, 1.82) is 0 Å². The Bertz CT molecular complexity index is 1870. The third kappa shape index (κ3) is 10.3. The summed E-state index contributed by atoms with van der Waals surface area (Å²) in [6.07, 6.45) is -4.03. The molecule has 26 heteroatoms. The lowest BCUT2D eigenvalue weighted by molar-refractivity contribution is 0.115. The number of carbonyl (C=O) groups is 2. The van der Waals surface area contributed by atoms with Crippen LogP contribution < -0.4 is 31.7 Å². The molecule has 46 heavy (non-hydrogen) atoms.